The standard InChI is InChI=1S/C12H12ClFN2O2S2/c1-16(7-12-15-4-5-19-12)20(17,18)8-9-6-10(13)2-3-11(9)14/h2-6H,7-8H2,1H3. The highest BCUT2D eigenvalue weighted by molar-refractivity contribution is 7.88. The van der Waals surface area contributed by atoms with E-state index < -0.39 is 21.6 Å². The summed E-state index contributed by atoms with van der Waals surface area (Å²) < 4.78 is 39.1. The van der Waals surface area contributed by atoms with Crippen LogP contribution >= 0.6 is 22.9 Å². The summed E-state index contributed by atoms with van der Waals surface area (Å²) in [5, 5.41) is 2.76. The van der Waals surface area contributed by atoms with E-state index in [2.05, 4.69) is 4.98 Å². The van der Waals surface area contributed by atoms with Crippen LogP contribution < -0.4 is 0 Å². The van der Waals surface area contributed by atoms with Gasteiger partial charge < -0.3 is 0 Å². The summed E-state index contributed by atoms with van der Waals surface area (Å²) in [6.07, 6.45) is 1.61. The van der Waals surface area contributed by atoms with Crippen molar-refractivity contribution < 1.29 is 12.8 Å². The second-order valence-corrected chi connectivity index (χ2v) is 7.67. The van der Waals surface area contributed by atoms with Crippen LogP contribution in [0.5, 0.6) is 0 Å². The molecule has 0 saturated heterocycles. The molecule has 2 aromatic rings. The van der Waals surface area contributed by atoms with Crippen LogP contribution in [0.15, 0.2) is 29.8 Å². The fourth-order valence-electron chi connectivity index (χ4n) is 1.58. The van der Waals surface area contributed by atoms with Crippen molar-refractivity contribution in [3.63, 3.8) is 0 Å². The molecule has 0 atom stereocenters. The maximum atomic E-state index is 13.6. The van der Waals surface area contributed by atoms with Crippen LogP contribution in [0.25, 0.3) is 0 Å². The van der Waals surface area contributed by atoms with Crippen LogP contribution in [0.3, 0.4) is 0 Å². The second kappa shape index (κ2) is 6.17. The SMILES string of the molecule is CN(Cc1nccs1)S(=O)(=O)Cc1cc(Cl)ccc1F. The summed E-state index contributed by atoms with van der Waals surface area (Å²) in [6.45, 7) is 0.169. The molecule has 0 radical (unpaired) electrons. The number of halogens is 2. The summed E-state index contributed by atoms with van der Waals surface area (Å²) in [4.78, 5) is 4.03. The maximum Gasteiger partial charge on any atom is 0.218 e. The van der Waals surface area contributed by atoms with Gasteiger partial charge in [0.25, 0.3) is 0 Å². The molecule has 0 aliphatic rings. The highest BCUT2D eigenvalue weighted by Gasteiger charge is 2.21. The van der Waals surface area contributed by atoms with Gasteiger partial charge in [0.15, 0.2) is 0 Å². The Balaban J connectivity index is 2.16. The maximum absolute atomic E-state index is 13.6. The Labute approximate surface area is 125 Å². The first kappa shape index (κ1) is 15.4. The van der Waals surface area contributed by atoms with Crippen LogP contribution in [-0.4, -0.2) is 24.8 Å². The van der Waals surface area contributed by atoms with Crippen molar-refractivity contribution in [1.29, 1.82) is 0 Å². The van der Waals surface area contributed by atoms with E-state index in [4.69, 9.17) is 11.6 Å². The number of rotatable bonds is 5. The number of hydrogen-bond donors (Lipinski definition) is 0. The lowest BCUT2D eigenvalue weighted by molar-refractivity contribution is 0.464. The third-order valence-electron chi connectivity index (χ3n) is 2.66. The van der Waals surface area contributed by atoms with E-state index in [1.165, 1.54) is 30.5 Å². The van der Waals surface area contributed by atoms with Crippen molar-refractivity contribution in [1.82, 2.24) is 9.29 Å². The molecule has 0 spiro atoms. The molecule has 108 valence electrons. The largest absolute Gasteiger partial charge is 0.248 e. The fourth-order valence-corrected chi connectivity index (χ4v) is 3.68. The van der Waals surface area contributed by atoms with Crippen molar-refractivity contribution >= 4 is 33.0 Å². The van der Waals surface area contributed by atoms with Gasteiger partial charge in [0, 0.05) is 29.2 Å². The van der Waals surface area contributed by atoms with E-state index in [9.17, 15) is 12.8 Å². The number of thiazole rings is 1. The Morgan fingerprint density at radius 1 is 1.45 bits per heavy atom. The molecule has 0 fully saturated rings. The topological polar surface area (TPSA) is 50.3 Å². The summed E-state index contributed by atoms with van der Waals surface area (Å²) in [5.74, 6) is -1.01. The van der Waals surface area contributed by atoms with Crippen molar-refractivity contribution in [3.8, 4) is 0 Å². The number of sulfonamides is 1. The Bertz CT molecular complexity index is 689. The van der Waals surface area contributed by atoms with Gasteiger partial charge >= 0.3 is 0 Å². The lowest BCUT2D eigenvalue weighted by Gasteiger charge is -2.16. The van der Waals surface area contributed by atoms with E-state index in [1.54, 1.807) is 11.6 Å². The Hall–Kier alpha value is -1.02. The summed E-state index contributed by atoms with van der Waals surface area (Å²) in [6, 6.07) is 3.87. The molecule has 0 bridgehead atoms. The first-order chi connectivity index (χ1) is 9.38. The minimum atomic E-state index is -3.63. The highest BCUT2D eigenvalue weighted by atomic mass is 35.5. The van der Waals surface area contributed by atoms with Crippen LogP contribution in [0.2, 0.25) is 5.02 Å². The van der Waals surface area contributed by atoms with Gasteiger partial charge in [0.05, 0.1) is 12.3 Å². The lowest BCUT2D eigenvalue weighted by atomic mass is 10.2. The van der Waals surface area contributed by atoms with Crippen molar-refractivity contribution in [2.24, 2.45) is 0 Å². The van der Waals surface area contributed by atoms with E-state index in [-0.39, 0.29) is 12.1 Å². The van der Waals surface area contributed by atoms with E-state index >= 15 is 0 Å². The van der Waals surface area contributed by atoms with Crippen LogP contribution in [-0.2, 0) is 22.3 Å². The average molecular weight is 335 g/mol. The fraction of sp³-hybridized carbons (Fsp3) is 0.250. The molecule has 2 rings (SSSR count). The number of hydrogen-bond acceptors (Lipinski definition) is 4. The van der Waals surface area contributed by atoms with Crippen LogP contribution in [0, 0.1) is 5.82 Å². The molecule has 1 heterocycles. The molecule has 4 nitrogen and oxygen atoms in total. The van der Waals surface area contributed by atoms with E-state index in [1.807, 2.05) is 0 Å². The zero-order valence-electron chi connectivity index (χ0n) is 10.6. The van der Waals surface area contributed by atoms with Crippen molar-refractivity contribution in [2.75, 3.05) is 7.05 Å². The minimum Gasteiger partial charge on any atom is -0.248 e. The molecule has 0 amide bonds. The van der Waals surface area contributed by atoms with E-state index in [0.29, 0.717) is 10.0 Å². The highest BCUT2D eigenvalue weighted by Crippen LogP contribution is 2.19. The second-order valence-electron chi connectivity index (χ2n) is 4.17. The molecule has 0 unspecified atom stereocenters. The molecule has 8 heteroatoms. The minimum absolute atomic E-state index is 0.0588. The number of benzene rings is 1. The van der Waals surface area contributed by atoms with Gasteiger partial charge in [-0.15, -0.1) is 11.3 Å². The number of nitrogens with zero attached hydrogens (tertiary/aromatic N) is 2. The van der Waals surface area contributed by atoms with Crippen LogP contribution in [0.1, 0.15) is 10.6 Å². The van der Waals surface area contributed by atoms with Crippen LogP contribution in [0.4, 0.5) is 4.39 Å². The van der Waals surface area contributed by atoms with Gasteiger partial charge in [0.1, 0.15) is 10.8 Å². The van der Waals surface area contributed by atoms with Gasteiger partial charge in [-0.1, -0.05) is 11.6 Å². The predicted molar refractivity (Wildman–Crippen MR) is 77.6 cm³/mol. The molecule has 20 heavy (non-hydrogen) atoms. The first-order valence-corrected chi connectivity index (χ1v) is 8.51. The zero-order chi connectivity index (χ0) is 14.8. The Kier molecular flexibility index (Phi) is 4.74. The molecule has 0 aliphatic heterocycles. The van der Waals surface area contributed by atoms with Gasteiger partial charge in [-0.25, -0.2) is 17.8 Å². The molecule has 0 saturated carbocycles. The Morgan fingerprint density at radius 3 is 2.85 bits per heavy atom. The lowest BCUT2D eigenvalue weighted by Crippen LogP contribution is -2.28. The summed E-state index contributed by atoms with van der Waals surface area (Å²) >= 11 is 7.12. The molecular formula is C12H12ClFN2O2S2. The summed E-state index contributed by atoms with van der Waals surface area (Å²) in [7, 11) is -2.18. The monoisotopic (exact) mass is 334 g/mol. The molecule has 0 N–H and O–H groups in total. The van der Waals surface area contributed by atoms with E-state index in [0.717, 1.165) is 10.4 Å². The number of aromatic nitrogens is 1. The van der Waals surface area contributed by atoms with Gasteiger partial charge in [-0.05, 0) is 18.2 Å². The first-order valence-electron chi connectivity index (χ1n) is 5.65. The van der Waals surface area contributed by atoms with Gasteiger partial charge in [0.2, 0.25) is 10.0 Å². The molecule has 0 aliphatic carbocycles. The summed E-state index contributed by atoms with van der Waals surface area (Å²) in [5.41, 5.74) is 0.0588. The predicted octanol–water partition coefficient (Wildman–Crippen LogP) is 2.90. The normalized spacial score (nSPS) is 12.0. The Morgan fingerprint density at radius 2 is 2.20 bits per heavy atom. The molecule has 1 aromatic heterocycles. The third kappa shape index (κ3) is 3.76. The smallest absolute Gasteiger partial charge is 0.218 e. The molecular weight excluding hydrogens is 323 g/mol. The van der Waals surface area contributed by atoms with Gasteiger partial charge in [-0.2, -0.15) is 4.31 Å². The molecule has 1 aromatic carbocycles. The zero-order valence-corrected chi connectivity index (χ0v) is 13.0. The average Bonchev–Trinajstić information content (AvgIpc) is 2.86. The quantitative estimate of drug-likeness (QED) is 0.844. The van der Waals surface area contributed by atoms with Crippen molar-refractivity contribution in [2.45, 2.75) is 12.3 Å². The third-order valence-corrected chi connectivity index (χ3v) is 5.42. The van der Waals surface area contributed by atoms with Crippen molar-refractivity contribution in [3.05, 3.63) is 51.2 Å². The van der Waals surface area contributed by atoms with Gasteiger partial charge in [-0.3, -0.25) is 0 Å².